The van der Waals surface area contributed by atoms with Crippen molar-refractivity contribution in [2.75, 3.05) is 6.61 Å². The molecule has 0 heterocycles. The standard InChI is InChI=1S/C9H7ClF2O4S/c1-2-16-9(13)5-3-8(17(10,14)15)7(12)4-6(5)11/h3-4H,2H2,1H3. The fourth-order valence-corrected chi connectivity index (χ4v) is 1.99. The maximum Gasteiger partial charge on any atom is 0.341 e. The van der Waals surface area contributed by atoms with E-state index < -0.39 is 37.1 Å². The third kappa shape index (κ3) is 3.13. The number of esters is 1. The van der Waals surface area contributed by atoms with Crippen LogP contribution in [0.25, 0.3) is 0 Å². The van der Waals surface area contributed by atoms with Crippen LogP contribution < -0.4 is 0 Å². The van der Waals surface area contributed by atoms with E-state index in [0.29, 0.717) is 6.07 Å². The van der Waals surface area contributed by atoms with Gasteiger partial charge in [0.15, 0.2) is 0 Å². The van der Waals surface area contributed by atoms with Gasteiger partial charge in [0.1, 0.15) is 16.5 Å². The summed E-state index contributed by atoms with van der Waals surface area (Å²) in [5.41, 5.74) is -0.688. The molecule has 0 radical (unpaired) electrons. The minimum atomic E-state index is -4.40. The lowest BCUT2D eigenvalue weighted by Crippen LogP contribution is -2.09. The molecule has 1 aromatic carbocycles. The summed E-state index contributed by atoms with van der Waals surface area (Å²) in [6.07, 6.45) is 0. The largest absolute Gasteiger partial charge is 0.462 e. The zero-order valence-electron chi connectivity index (χ0n) is 8.54. The Hall–Kier alpha value is -1.21. The summed E-state index contributed by atoms with van der Waals surface area (Å²) >= 11 is 0. The Morgan fingerprint density at radius 1 is 1.35 bits per heavy atom. The van der Waals surface area contributed by atoms with E-state index in [9.17, 15) is 22.0 Å². The van der Waals surface area contributed by atoms with Crippen molar-refractivity contribution in [3.05, 3.63) is 29.3 Å². The number of ether oxygens (including phenoxy) is 1. The molecule has 0 aliphatic rings. The first-order valence-corrected chi connectivity index (χ1v) is 6.69. The van der Waals surface area contributed by atoms with E-state index in [4.69, 9.17) is 10.7 Å². The summed E-state index contributed by atoms with van der Waals surface area (Å²) in [7, 11) is 0.529. The van der Waals surface area contributed by atoms with Gasteiger partial charge in [0.25, 0.3) is 9.05 Å². The monoisotopic (exact) mass is 284 g/mol. The molecule has 1 rings (SSSR count). The fourth-order valence-electron chi connectivity index (χ4n) is 1.08. The van der Waals surface area contributed by atoms with E-state index in [1.165, 1.54) is 6.92 Å². The second kappa shape index (κ2) is 4.97. The number of carbonyl (C=O) groups is 1. The lowest BCUT2D eigenvalue weighted by atomic mass is 10.2. The first-order valence-electron chi connectivity index (χ1n) is 4.38. The van der Waals surface area contributed by atoms with Crippen LogP contribution in [0.3, 0.4) is 0 Å². The Bertz CT molecular complexity index is 556. The molecule has 8 heteroatoms. The highest BCUT2D eigenvalue weighted by Crippen LogP contribution is 2.23. The van der Waals surface area contributed by atoms with Gasteiger partial charge in [-0.05, 0) is 13.0 Å². The minimum absolute atomic E-state index is 0.0292. The topological polar surface area (TPSA) is 60.4 Å². The minimum Gasteiger partial charge on any atom is -0.462 e. The van der Waals surface area contributed by atoms with Crippen molar-refractivity contribution >= 4 is 25.7 Å². The second-order valence-corrected chi connectivity index (χ2v) is 5.46. The third-order valence-electron chi connectivity index (χ3n) is 1.78. The van der Waals surface area contributed by atoms with Crippen LogP contribution in [-0.2, 0) is 13.8 Å². The summed E-state index contributed by atoms with van der Waals surface area (Å²) in [5.74, 6) is -3.68. The van der Waals surface area contributed by atoms with Crippen LogP contribution in [0.4, 0.5) is 8.78 Å². The van der Waals surface area contributed by atoms with Crippen LogP contribution in [-0.4, -0.2) is 21.0 Å². The Balaban J connectivity index is 3.39. The molecular weight excluding hydrogens is 278 g/mol. The van der Waals surface area contributed by atoms with Gasteiger partial charge in [-0.25, -0.2) is 22.0 Å². The molecular formula is C9H7ClF2O4S. The van der Waals surface area contributed by atoms with Crippen molar-refractivity contribution in [2.45, 2.75) is 11.8 Å². The van der Waals surface area contributed by atoms with Crippen LogP contribution >= 0.6 is 10.7 Å². The predicted octanol–water partition coefficient (Wildman–Crippen LogP) is 2.07. The van der Waals surface area contributed by atoms with Crippen molar-refractivity contribution in [3.63, 3.8) is 0 Å². The van der Waals surface area contributed by atoms with Crippen LogP contribution in [0.15, 0.2) is 17.0 Å². The van der Waals surface area contributed by atoms with Gasteiger partial charge in [-0.1, -0.05) is 0 Å². The van der Waals surface area contributed by atoms with E-state index in [-0.39, 0.29) is 12.7 Å². The Labute approximate surface area is 101 Å². The summed E-state index contributed by atoms with van der Waals surface area (Å²) < 4.78 is 52.7. The summed E-state index contributed by atoms with van der Waals surface area (Å²) in [6.45, 7) is 1.46. The quantitative estimate of drug-likeness (QED) is 0.630. The first-order chi connectivity index (χ1) is 7.77. The fraction of sp³-hybridized carbons (Fsp3) is 0.222. The Morgan fingerprint density at radius 3 is 2.41 bits per heavy atom. The molecule has 0 saturated heterocycles. The van der Waals surface area contributed by atoms with E-state index in [1.54, 1.807) is 0 Å². The number of benzene rings is 1. The van der Waals surface area contributed by atoms with Crippen molar-refractivity contribution in [2.24, 2.45) is 0 Å². The molecule has 0 aromatic heterocycles. The summed E-state index contributed by atoms with van der Waals surface area (Å²) in [5, 5.41) is 0. The lowest BCUT2D eigenvalue weighted by Gasteiger charge is -2.05. The van der Waals surface area contributed by atoms with Crippen molar-refractivity contribution in [1.29, 1.82) is 0 Å². The molecule has 0 atom stereocenters. The zero-order valence-corrected chi connectivity index (χ0v) is 10.1. The number of hydrogen-bond acceptors (Lipinski definition) is 4. The SMILES string of the molecule is CCOC(=O)c1cc(S(=O)(=O)Cl)c(F)cc1F. The number of halogens is 3. The average molecular weight is 285 g/mol. The average Bonchev–Trinajstić information content (AvgIpc) is 2.15. The molecule has 0 amide bonds. The molecule has 0 bridgehead atoms. The number of rotatable bonds is 3. The van der Waals surface area contributed by atoms with Crippen LogP contribution in [0.2, 0.25) is 0 Å². The van der Waals surface area contributed by atoms with Crippen LogP contribution in [0.1, 0.15) is 17.3 Å². The lowest BCUT2D eigenvalue weighted by molar-refractivity contribution is 0.0520. The van der Waals surface area contributed by atoms with Gasteiger partial charge in [0.2, 0.25) is 0 Å². The van der Waals surface area contributed by atoms with Gasteiger partial charge in [0.05, 0.1) is 12.2 Å². The highest BCUT2D eigenvalue weighted by atomic mass is 35.7. The Kier molecular flexibility index (Phi) is 4.05. The molecule has 0 aliphatic heterocycles. The predicted molar refractivity (Wildman–Crippen MR) is 55.4 cm³/mol. The molecule has 0 N–H and O–H groups in total. The molecule has 1 aromatic rings. The van der Waals surface area contributed by atoms with Crippen LogP contribution in [0, 0.1) is 11.6 Å². The Morgan fingerprint density at radius 2 is 1.94 bits per heavy atom. The third-order valence-corrected chi connectivity index (χ3v) is 3.12. The van der Waals surface area contributed by atoms with Gasteiger partial charge in [-0.3, -0.25) is 0 Å². The van der Waals surface area contributed by atoms with E-state index in [0.717, 1.165) is 0 Å². The molecule has 0 fully saturated rings. The molecule has 17 heavy (non-hydrogen) atoms. The van der Waals surface area contributed by atoms with Crippen molar-refractivity contribution in [1.82, 2.24) is 0 Å². The number of hydrogen-bond donors (Lipinski definition) is 0. The van der Waals surface area contributed by atoms with E-state index in [1.807, 2.05) is 0 Å². The van der Waals surface area contributed by atoms with E-state index in [2.05, 4.69) is 4.74 Å². The maximum absolute atomic E-state index is 13.2. The van der Waals surface area contributed by atoms with Crippen LogP contribution in [0.5, 0.6) is 0 Å². The van der Waals surface area contributed by atoms with E-state index >= 15 is 0 Å². The van der Waals surface area contributed by atoms with Crippen molar-refractivity contribution < 1.29 is 26.7 Å². The highest BCUT2D eigenvalue weighted by molar-refractivity contribution is 8.13. The van der Waals surface area contributed by atoms with Gasteiger partial charge < -0.3 is 4.74 Å². The molecule has 0 unspecified atom stereocenters. The summed E-state index contributed by atoms with van der Waals surface area (Å²) in [4.78, 5) is 10.3. The molecule has 4 nitrogen and oxygen atoms in total. The van der Waals surface area contributed by atoms with Gasteiger partial charge >= 0.3 is 5.97 Å². The maximum atomic E-state index is 13.2. The van der Waals surface area contributed by atoms with Crippen molar-refractivity contribution in [3.8, 4) is 0 Å². The number of carbonyl (C=O) groups excluding carboxylic acids is 1. The zero-order chi connectivity index (χ0) is 13.2. The summed E-state index contributed by atoms with van der Waals surface area (Å²) in [6, 6.07) is 0.770. The second-order valence-electron chi connectivity index (χ2n) is 2.92. The van der Waals surface area contributed by atoms with Gasteiger partial charge in [-0.2, -0.15) is 0 Å². The molecule has 0 aliphatic carbocycles. The smallest absolute Gasteiger partial charge is 0.341 e. The first kappa shape index (κ1) is 13.9. The normalized spacial score (nSPS) is 11.3. The molecule has 0 saturated carbocycles. The molecule has 0 spiro atoms. The highest BCUT2D eigenvalue weighted by Gasteiger charge is 2.23. The van der Waals surface area contributed by atoms with Gasteiger partial charge in [-0.15, -0.1) is 0 Å². The van der Waals surface area contributed by atoms with Gasteiger partial charge in [0, 0.05) is 16.7 Å². The molecule has 94 valence electrons.